The summed E-state index contributed by atoms with van der Waals surface area (Å²) < 4.78 is 0. The Kier molecular flexibility index (Phi) is 2.82. The monoisotopic (exact) mass is 202 g/mol. The van der Waals surface area contributed by atoms with Gasteiger partial charge in [-0.25, -0.2) is 0 Å². The molecule has 1 aliphatic rings. The van der Waals surface area contributed by atoms with Crippen LogP contribution in [0.2, 0.25) is 0 Å². The van der Waals surface area contributed by atoms with Crippen molar-refractivity contribution in [3.63, 3.8) is 0 Å². The Morgan fingerprint density at radius 3 is 3.00 bits per heavy atom. The number of hydrogen-bond acceptors (Lipinski definition) is 4. The van der Waals surface area contributed by atoms with E-state index in [1.54, 1.807) is 12.3 Å². The highest BCUT2D eigenvalue weighted by Crippen LogP contribution is 2.31. The third-order valence-electron chi connectivity index (χ3n) is 2.68. The number of rotatable bonds is 4. The van der Waals surface area contributed by atoms with Gasteiger partial charge in [0.05, 0.1) is 11.8 Å². The van der Waals surface area contributed by atoms with E-state index < -0.39 is 0 Å². The minimum absolute atomic E-state index is 0.618. The molecule has 0 N–H and O–H groups in total. The van der Waals surface area contributed by atoms with E-state index in [2.05, 4.69) is 28.1 Å². The van der Waals surface area contributed by atoms with E-state index in [0.717, 1.165) is 24.8 Å². The topological polar surface area (TPSA) is 52.8 Å². The van der Waals surface area contributed by atoms with Gasteiger partial charge >= 0.3 is 0 Å². The van der Waals surface area contributed by atoms with Gasteiger partial charge in [0.25, 0.3) is 0 Å². The number of hydrogen-bond donors (Lipinski definition) is 0. The van der Waals surface area contributed by atoms with Gasteiger partial charge in [0.15, 0.2) is 5.82 Å². The number of nitrogens with zero attached hydrogens (tertiary/aromatic N) is 4. The quantitative estimate of drug-likeness (QED) is 0.744. The third-order valence-corrected chi connectivity index (χ3v) is 2.68. The van der Waals surface area contributed by atoms with Gasteiger partial charge in [0.1, 0.15) is 6.07 Å². The van der Waals surface area contributed by atoms with Crippen molar-refractivity contribution in [2.75, 3.05) is 18.0 Å². The molecule has 1 aromatic rings. The normalized spacial score (nSPS) is 14.7. The summed E-state index contributed by atoms with van der Waals surface area (Å²) in [5, 5.41) is 16.9. The van der Waals surface area contributed by atoms with Gasteiger partial charge in [-0.15, -0.1) is 5.10 Å². The van der Waals surface area contributed by atoms with Crippen molar-refractivity contribution in [1.29, 1.82) is 5.26 Å². The van der Waals surface area contributed by atoms with Gasteiger partial charge in [-0.05, 0) is 31.7 Å². The summed E-state index contributed by atoms with van der Waals surface area (Å²) in [5.74, 6) is 1.52. The molecule has 2 rings (SSSR count). The lowest BCUT2D eigenvalue weighted by molar-refractivity contribution is 0.723. The average molecular weight is 202 g/mol. The van der Waals surface area contributed by atoms with Crippen LogP contribution in [0.5, 0.6) is 0 Å². The predicted octanol–water partition coefficient (Wildman–Crippen LogP) is 1.58. The van der Waals surface area contributed by atoms with E-state index >= 15 is 0 Å². The fourth-order valence-corrected chi connectivity index (χ4v) is 1.62. The van der Waals surface area contributed by atoms with Crippen LogP contribution in [-0.4, -0.2) is 23.3 Å². The zero-order chi connectivity index (χ0) is 10.7. The van der Waals surface area contributed by atoms with Crippen molar-refractivity contribution in [2.24, 2.45) is 5.92 Å². The van der Waals surface area contributed by atoms with Crippen LogP contribution < -0.4 is 4.90 Å². The van der Waals surface area contributed by atoms with Crippen molar-refractivity contribution < 1.29 is 0 Å². The number of nitriles is 1. The highest BCUT2D eigenvalue weighted by Gasteiger charge is 2.25. The first kappa shape index (κ1) is 9.91. The van der Waals surface area contributed by atoms with Crippen LogP contribution in [0.3, 0.4) is 0 Å². The molecule has 4 heteroatoms. The van der Waals surface area contributed by atoms with Crippen molar-refractivity contribution in [2.45, 2.75) is 19.8 Å². The first-order valence-corrected chi connectivity index (χ1v) is 5.32. The largest absolute Gasteiger partial charge is 0.354 e. The Hall–Kier alpha value is -1.63. The molecular weight excluding hydrogens is 188 g/mol. The fraction of sp³-hybridized carbons (Fsp3) is 0.545. The maximum absolute atomic E-state index is 8.97. The minimum atomic E-state index is 0.618. The molecule has 4 nitrogen and oxygen atoms in total. The lowest BCUT2D eigenvalue weighted by Crippen LogP contribution is -2.27. The smallest absolute Gasteiger partial charge is 0.169 e. The molecule has 0 amide bonds. The second-order valence-corrected chi connectivity index (χ2v) is 3.86. The van der Waals surface area contributed by atoms with Gasteiger partial charge in [-0.3, -0.25) is 0 Å². The molecular formula is C11H14N4. The zero-order valence-corrected chi connectivity index (χ0v) is 8.85. The molecule has 0 aromatic carbocycles. The maximum atomic E-state index is 8.97. The molecule has 1 aromatic heterocycles. The molecule has 1 aliphatic carbocycles. The second kappa shape index (κ2) is 4.26. The molecule has 1 fully saturated rings. The molecule has 0 saturated heterocycles. The van der Waals surface area contributed by atoms with Crippen LogP contribution in [0.1, 0.15) is 25.3 Å². The van der Waals surface area contributed by atoms with E-state index in [4.69, 9.17) is 5.26 Å². The van der Waals surface area contributed by atoms with Crippen LogP contribution in [0.25, 0.3) is 0 Å². The van der Waals surface area contributed by atoms with Crippen LogP contribution in [0, 0.1) is 17.2 Å². The molecule has 15 heavy (non-hydrogen) atoms. The summed E-state index contributed by atoms with van der Waals surface area (Å²) in [6, 6.07) is 3.88. The van der Waals surface area contributed by atoms with E-state index in [-0.39, 0.29) is 0 Å². The molecule has 1 heterocycles. The molecule has 1 saturated carbocycles. The first-order chi connectivity index (χ1) is 7.35. The first-order valence-electron chi connectivity index (χ1n) is 5.32. The molecule has 0 radical (unpaired) electrons. The Morgan fingerprint density at radius 2 is 2.40 bits per heavy atom. The predicted molar refractivity (Wildman–Crippen MR) is 57.4 cm³/mol. The molecule has 78 valence electrons. The van der Waals surface area contributed by atoms with Crippen molar-refractivity contribution in [3.05, 3.63) is 17.8 Å². The molecule has 0 atom stereocenters. The van der Waals surface area contributed by atoms with Crippen LogP contribution in [-0.2, 0) is 0 Å². The average Bonchev–Trinajstić information content (AvgIpc) is 3.10. The highest BCUT2D eigenvalue weighted by atomic mass is 15.3. The Balaban J connectivity index is 2.20. The second-order valence-electron chi connectivity index (χ2n) is 3.86. The van der Waals surface area contributed by atoms with Crippen molar-refractivity contribution in [3.8, 4) is 6.07 Å². The standard InChI is InChI=1S/C11H14N4/c1-2-15(8-9-3-4-9)11-10(7-12)5-6-13-14-11/h5-6,9H,2-4,8H2,1H3. The van der Waals surface area contributed by atoms with E-state index in [9.17, 15) is 0 Å². The van der Waals surface area contributed by atoms with E-state index in [0.29, 0.717) is 5.56 Å². The number of aromatic nitrogens is 2. The molecule has 0 aliphatic heterocycles. The number of anilines is 1. The van der Waals surface area contributed by atoms with Gasteiger partial charge in [-0.1, -0.05) is 0 Å². The van der Waals surface area contributed by atoms with Gasteiger partial charge < -0.3 is 4.90 Å². The Bertz CT molecular complexity index is 378. The van der Waals surface area contributed by atoms with Crippen LogP contribution in [0.4, 0.5) is 5.82 Å². The van der Waals surface area contributed by atoms with Crippen LogP contribution in [0.15, 0.2) is 12.3 Å². The molecule has 0 bridgehead atoms. The Morgan fingerprint density at radius 1 is 1.60 bits per heavy atom. The fourth-order valence-electron chi connectivity index (χ4n) is 1.62. The lowest BCUT2D eigenvalue weighted by atomic mass is 10.2. The van der Waals surface area contributed by atoms with Crippen molar-refractivity contribution in [1.82, 2.24) is 10.2 Å². The maximum Gasteiger partial charge on any atom is 0.169 e. The third kappa shape index (κ3) is 2.24. The van der Waals surface area contributed by atoms with E-state index in [1.165, 1.54) is 12.8 Å². The molecule has 0 spiro atoms. The van der Waals surface area contributed by atoms with Crippen molar-refractivity contribution >= 4 is 5.82 Å². The summed E-state index contributed by atoms with van der Waals surface area (Å²) in [5.41, 5.74) is 0.618. The SMILES string of the molecule is CCN(CC1CC1)c1nnccc1C#N. The summed E-state index contributed by atoms with van der Waals surface area (Å²) >= 11 is 0. The summed E-state index contributed by atoms with van der Waals surface area (Å²) in [6.45, 7) is 3.96. The molecule has 0 unspecified atom stereocenters. The Labute approximate surface area is 89.5 Å². The van der Waals surface area contributed by atoms with Gasteiger partial charge in [0, 0.05) is 13.1 Å². The summed E-state index contributed by atoms with van der Waals surface area (Å²) in [6.07, 6.45) is 4.17. The highest BCUT2D eigenvalue weighted by molar-refractivity contribution is 5.52. The van der Waals surface area contributed by atoms with Gasteiger partial charge in [-0.2, -0.15) is 10.4 Å². The zero-order valence-electron chi connectivity index (χ0n) is 8.85. The van der Waals surface area contributed by atoms with Gasteiger partial charge in [0.2, 0.25) is 0 Å². The summed E-state index contributed by atoms with van der Waals surface area (Å²) in [7, 11) is 0. The van der Waals surface area contributed by atoms with E-state index in [1.807, 2.05) is 0 Å². The lowest BCUT2D eigenvalue weighted by Gasteiger charge is -2.21. The summed E-state index contributed by atoms with van der Waals surface area (Å²) in [4.78, 5) is 2.14. The minimum Gasteiger partial charge on any atom is -0.354 e. The van der Waals surface area contributed by atoms with Crippen LogP contribution >= 0.6 is 0 Å².